The molecule has 1 aliphatic heterocycles. The Labute approximate surface area is 125 Å². The summed E-state index contributed by atoms with van der Waals surface area (Å²) in [6.07, 6.45) is 2.49. The van der Waals surface area contributed by atoms with Crippen LogP contribution in [-0.4, -0.2) is 35.8 Å². The van der Waals surface area contributed by atoms with Gasteiger partial charge in [0, 0.05) is 31.7 Å². The highest BCUT2D eigenvalue weighted by Gasteiger charge is 2.26. The summed E-state index contributed by atoms with van der Waals surface area (Å²) in [7, 11) is 0. The molecule has 2 heterocycles. The van der Waals surface area contributed by atoms with Crippen LogP contribution in [0, 0.1) is 5.92 Å². The molecule has 2 atom stereocenters. The first-order valence-electron chi connectivity index (χ1n) is 7.19. The average Bonchev–Trinajstić information content (AvgIpc) is 2.90. The fourth-order valence-electron chi connectivity index (χ4n) is 2.43. The van der Waals surface area contributed by atoms with E-state index in [2.05, 4.69) is 22.2 Å². The summed E-state index contributed by atoms with van der Waals surface area (Å²) >= 11 is 6.01. The van der Waals surface area contributed by atoms with Crippen molar-refractivity contribution in [1.29, 1.82) is 0 Å². The highest BCUT2D eigenvalue weighted by molar-refractivity contribution is 6.29. The van der Waals surface area contributed by atoms with Crippen LogP contribution in [0.2, 0.25) is 5.15 Å². The van der Waals surface area contributed by atoms with Crippen LogP contribution in [0.4, 0.5) is 5.82 Å². The number of hydrogen-bond donors (Lipinski definition) is 1. The van der Waals surface area contributed by atoms with Crippen molar-refractivity contribution in [1.82, 2.24) is 9.97 Å². The van der Waals surface area contributed by atoms with Crippen molar-refractivity contribution < 1.29 is 9.47 Å². The maximum atomic E-state index is 6.01. The Morgan fingerprint density at radius 3 is 3.05 bits per heavy atom. The maximum Gasteiger partial charge on any atom is 0.158 e. The van der Waals surface area contributed by atoms with Crippen molar-refractivity contribution in [3.63, 3.8) is 0 Å². The van der Waals surface area contributed by atoms with E-state index < -0.39 is 0 Å². The molecule has 0 saturated carbocycles. The normalized spacial score (nSPS) is 22.1. The van der Waals surface area contributed by atoms with Gasteiger partial charge in [-0.25, -0.2) is 9.97 Å². The molecule has 2 rings (SSSR count). The zero-order valence-corrected chi connectivity index (χ0v) is 12.8. The molecule has 1 fully saturated rings. The van der Waals surface area contributed by atoms with Crippen LogP contribution in [0.5, 0.6) is 0 Å². The van der Waals surface area contributed by atoms with E-state index in [0.29, 0.717) is 36.2 Å². The number of nitrogens with zero attached hydrogens (tertiary/aromatic N) is 2. The molecule has 6 heteroatoms. The smallest absolute Gasteiger partial charge is 0.158 e. The number of rotatable bonds is 7. The largest absolute Gasteiger partial charge is 0.378 e. The van der Waals surface area contributed by atoms with E-state index in [0.717, 1.165) is 31.8 Å². The lowest BCUT2D eigenvalue weighted by atomic mass is 10.00. The number of nitrogens with one attached hydrogen (secondary N) is 1. The first-order valence-corrected chi connectivity index (χ1v) is 7.57. The summed E-state index contributed by atoms with van der Waals surface area (Å²) in [5.41, 5.74) is 0. The van der Waals surface area contributed by atoms with Gasteiger partial charge in [-0.05, 0) is 19.8 Å². The van der Waals surface area contributed by atoms with Crippen molar-refractivity contribution in [3.8, 4) is 0 Å². The SMILES string of the molecule is CCOCc1nc(Cl)cc(NCC2CCOC2CC)n1. The van der Waals surface area contributed by atoms with E-state index in [9.17, 15) is 0 Å². The lowest BCUT2D eigenvalue weighted by Crippen LogP contribution is -2.23. The number of aromatic nitrogens is 2. The molecular weight excluding hydrogens is 278 g/mol. The molecule has 0 spiro atoms. The Morgan fingerprint density at radius 1 is 1.45 bits per heavy atom. The first kappa shape index (κ1) is 15.5. The summed E-state index contributed by atoms with van der Waals surface area (Å²) in [4.78, 5) is 8.56. The zero-order valence-electron chi connectivity index (χ0n) is 12.1. The quantitative estimate of drug-likeness (QED) is 0.785. The molecule has 0 aliphatic carbocycles. The van der Waals surface area contributed by atoms with Crippen LogP contribution in [0.15, 0.2) is 6.07 Å². The molecule has 0 aromatic carbocycles. The van der Waals surface area contributed by atoms with E-state index >= 15 is 0 Å². The van der Waals surface area contributed by atoms with Gasteiger partial charge in [-0.3, -0.25) is 0 Å². The van der Waals surface area contributed by atoms with Gasteiger partial charge in [-0.2, -0.15) is 0 Å². The monoisotopic (exact) mass is 299 g/mol. The van der Waals surface area contributed by atoms with Crippen LogP contribution >= 0.6 is 11.6 Å². The second-order valence-corrected chi connectivity index (χ2v) is 5.26. The highest BCUT2D eigenvalue weighted by Crippen LogP contribution is 2.24. The molecule has 1 saturated heterocycles. The number of ether oxygens (including phenoxy) is 2. The molecule has 0 bridgehead atoms. The topological polar surface area (TPSA) is 56.3 Å². The fourth-order valence-corrected chi connectivity index (χ4v) is 2.63. The van der Waals surface area contributed by atoms with Crippen molar-refractivity contribution >= 4 is 17.4 Å². The summed E-state index contributed by atoms with van der Waals surface area (Å²) in [5, 5.41) is 3.77. The van der Waals surface area contributed by atoms with Gasteiger partial charge in [0.1, 0.15) is 17.6 Å². The summed E-state index contributed by atoms with van der Waals surface area (Å²) < 4.78 is 11.0. The molecule has 1 aromatic heterocycles. The molecule has 112 valence electrons. The summed E-state index contributed by atoms with van der Waals surface area (Å²) in [5.74, 6) is 1.89. The summed E-state index contributed by atoms with van der Waals surface area (Å²) in [6.45, 7) is 6.82. The Bertz CT molecular complexity index is 431. The second-order valence-electron chi connectivity index (χ2n) is 4.88. The van der Waals surface area contributed by atoms with Gasteiger partial charge in [-0.15, -0.1) is 0 Å². The van der Waals surface area contributed by atoms with Gasteiger partial charge < -0.3 is 14.8 Å². The Hall–Kier alpha value is -0.910. The standard InChI is InChI=1S/C14H22ClN3O2/c1-3-11-10(5-6-20-11)8-16-13-7-12(15)17-14(18-13)9-19-4-2/h7,10-11H,3-6,8-9H2,1-2H3,(H,16,17,18). The molecule has 1 aliphatic rings. The molecule has 0 amide bonds. The third-order valence-electron chi connectivity index (χ3n) is 3.47. The van der Waals surface area contributed by atoms with Gasteiger partial charge in [-0.1, -0.05) is 18.5 Å². The van der Waals surface area contributed by atoms with Crippen molar-refractivity contribution in [2.24, 2.45) is 5.92 Å². The Balaban J connectivity index is 1.93. The molecule has 1 N–H and O–H groups in total. The molecule has 0 radical (unpaired) electrons. The van der Waals surface area contributed by atoms with Crippen LogP contribution < -0.4 is 5.32 Å². The van der Waals surface area contributed by atoms with Gasteiger partial charge >= 0.3 is 0 Å². The molecule has 5 nitrogen and oxygen atoms in total. The average molecular weight is 300 g/mol. The van der Waals surface area contributed by atoms with E-state index in [1.54, 1.807) is 6.07 Å². The van der Waals surface area contributed by atoms with Gasteiger partial charge in [0.15, 0.2) is 5.82 Å². The minimum atomic E-state index is 0.350. The minimum Gasteiger partial charge on any atom is -0.378 e. The maximum absolute atomic E-state index is 6.01. The van der Waals surface area contributed by atoms with Crippen molar-refractivity contribution in [2.45, 2.75) is 39.4 Å². The first-order chi connectivity index (χ1) is 9.72. The third kappa shape index (κ3) is 4.30. The van der Waals surface area contributed by atoms with Gasteiger partial charge in [0.05, 0.1) is 6.10 Å². The molecule has 20 heavy (non-hydrogen) atoms. The third-order valence-corrected chi connectivity index (χ3v) is 3.66. The Kier molecular flexibility index (Phi) is 6.01. The van der Waals surface area contributed by atoms with Crippen LogP contribution in [0.25, 0.3) is 0 Å². The van der Waals surface area contributed by atoms with Gasteiger partial charge in [0.2, 0.25) is 0 Å². The van der Waals surface area contributed by atoms with Crippen LogP contribution in [0.3, 0.4) is 0 Å². The number of hydrogen-bond acceptors (Lipinski definition) is 5. The van der Waals surface area contributed by atoms with E-state index in [1.807, 2.05) is 6.92 Å². The summed E-state index contributed by atoms with van der Waals surface area (Å²) in [6, 6.07) is 1.74. The van der Waals surface area contributed by atoms with E-state index in [1.165, 1.54) is 0 Å². The van der Waals surface area contributed by atoms with Crippen LogP contribution in [0.1, 0.15) is 32.5 Å². The molecular formula is C14H22ClN3O2. The molecule has 1 aromatic rings. The van der Waals surface area contributed by atoms with Gasteiger partial charge in [0.25, 0.3) is 0 Å². The lowest BCUT2D eigenvalue weighted by Gasteiger charge is -2.17. The van der Waals surface area contributed by atoms with Crippen LogP contribution in [-0.2, 0) is 16.1 Å². The highest BCUT2D eigenvalue weighted by atomic mass is 35.5. The number of anilines is 1. The predicted molar refractivity (Wildman–Crippen MR) is 79.0 cm³/mol. The zero-order chi connectivity index (χ0) is 14.4. The minimum absolute atomic E-state index is 0.350. The predicted octanol–water partition coefficient (Wildman–Crippen LogP) is 2.89. The Morgan fingerprint density at radius 2 is 2.30 bits per heavy atom. The fraction of sp³-hybridized carbons (Fsp3) is 0.714. The lowest BCUT2D eigenvalue weighted by molar-refractivity contribution is 0.0900. The van der Waals surface area contributed by atoms with E-state index in [-0.39, 0.29) is 0 Å². The molecule has 2 unspecified atom stereocenters. The van der Waals surface area contributed by atoms with E-state index in [4.69, 9.17) is 21.1 Å². The van der Waals surface area contributed by atoms with Crippen molar-refractivity contribution in [2.75, 3.05) is 25.1 Å². The number of halogens is 1. The van der Waals surface area contributed by atoms with Crippen molar-refractivity contribution in [3.05, 3.63) is 17.0 Å². The second kappa shape index (κ2) is 7.76.